The van der Waals surface area contributed by atoms with Crippen molar-refractivity contribution in [3.63, 3.8) is 0 Å². The Morgan fingerprint density at radius 1 is 1.30 bits per heavy atom. The van der Waals surface area contributed by atoms with Gasteiger partial charge in [-0.1, -0.05) is 18.2 Å². The number of rotatable bonds is 6. The highest BCUT2D eigenvalue weighted by Crippen LogP contribution is 2.18. The number of para-hydroxylation sites is 1. The molecule has 1 aliphatic rings. The van der Waals surface area contributed by atoms with E-state index in [1.54, 1.807) is 0 Å². The average Bonchev–Trinajstić information content (AvgIpc) is 2.47. The molecule has 1 heterocycles. The third-order valence-electron chi connectivity index (χ3n) is 3.96. The molecule has 20 heavy (non-hydrogen) atoms. The number of benzene rings is 1. The first-order chi connectivity index (χ1) is 9.69. The van der Waals surface area contributed by atoms with Gasteiger partial charge >= 0.3 is 0 Å². The zero-order chi connectivity index (χ0) is 14.4. The Kier molecular flexibility index (Phi) is 5.83. The first kappa shape index (κ1) is 15.3. The third kappa shape index (κ3) is 4.47. The summed E-state index contributed by atoms with van der Waals surface area (Å²) in [6.07, 6.45) is 1.56. The van der Waals surface area contributed by atoms with E-state index in [4.69, 9.17) is 9.84 Å². The van der Waals surface area contributed by atoms with Crippen molar-refractivity contribution in [1.82, 2.24) is 4.90 Å². The second-order valence-corrected chi connectivity index (χ2v) is 5.66. The minimum absolute atomic E-state index is 0.285. The standard InChI is InChI=1S/C16H25NO3/c1-13-4-2-3-5-16(13)20-12-15(19)10-17-8-6-14(11-18)7-9-17/h2-5,14-15,18-19H,6-12H2,1H3. The Morgan fingerprint density at radius 3 is 2.65 bits per heavy atom. The van der Waals surface area contributed by atoms with Crippen molar-refractivity contribution in [2.24, 2.45) is 5.92 Å². The predicted molar refractivity (Wildman–Crippen MR) is 78.9 cm³/mol. The summed E-state index contributed by atoms with van der Waals surface area (Å²) in [4.78, 5) is 2.25. The Labute approximate surface area is 121 Å². The lowest BCUT2D eigenvalue weighted by Gasteiger charge is -2.32. The van der Waals surface area contributed by atoms with E-state index in [1.165, 1.54) is 0 Å². The van der Waals surface area contributed by atoms with E-state index >= 15 is 0 Å². The molecule has 0 amide bonds. The van der Waals surface area contributed by atoms with Crippen LogP contribution in [-0.4, -0.2) is 54.1 Å². The van der Waals surface area contributed by atoms with Crippen LogP contribution in [0.2, 0.25) is 0 Å². The van der Waals surface area contributed by atoms with Gasteiger partial charge in [-0.3, -0.25) is 0 Å². The van der Waals surface area contributed by atoms with Gasteiger partial charge in [-0.15, -0.1) is 0 Å². The van der Waals surface area contributed by atoms with Crippen LogP contribution in [-0.2, 0) is 0 Å². The van der Waals surface area contributed by atoms with E-state index in [2.05, 4.69) is 4.90 Å². The summed E-state index contributed by atoms with van der Waals surface area (Å²) in [6.45, 7) is 5.16. The molecule has 1 atom stereocenters. The zero-order valence-corrected chi connectivity index (χ0v) is 12.2. The quantitative estimate of drug-likeness (QED) is 0.827. The molecule has 112 valence electrons. The molecular weight excluding hydrogens is 254 g/mol. The van der Waals surface area contributed by atoms with E-state index in [1.807, 2.05) is 31.2 Å². The summed E-state index contributed by atoms with van der Waals surface area (Å²) in [5.74, 6) is 1.28. The Hall–Kier alpha value is -1.10. The highest BCUT2D eigenvalue weighted by Gasteiger charge is 2.20. The SMILES string of the molecule is Cc1ccccc1OCC(O)CN1CCC(CO)CC1. The molecule has 1 saturated heterocycles. The predicted octanol–water partition coefficient (Wildman–Crippen LogP) is 1.44. The highest BCUT2D eigenvalue weighted by molar-refractivity contribution is 5.31. The number of hydrogen-bond acceptors (Lipinski definition) is 4. The number of likely N-dealkylation sites (tertiary alicyclic amines) is 1. The van der Waals surface area contributed by atoms with Crippen LogP contribution >= 0.6 is 0 Å². The van der Waals surface area contributed by atoms with Gasteiger partial charge in [0.2, 0.25) is 0 Å². The van der Waals surface area contributed by atoms with Crippen LogP contribution in [0.4, 0.5) is 0 Å². The fraction of sp³-hybridized carbons (Fsp3) is 0.625. The van der Waals surface area contributed by atoms with E-state index in [0.29, 0.717) is 19.1 Å². The molecule has 1 fully saturated rings. The minimum atomic E-state index is -0.472. The molecular formula is C16H25NO3. The average molecular weight is 279 g/mol. The number of piperidine rings is 1. The molecule has 1 unspecified atom stereocenters. The van der Waals surface area contributed by atoms with Crippen molar-refractivity contribution < 1.29 is 14.9 Å². The number of nitrogens with zero attached hydrogens (tertiary/aromatic N) is 1. The second-order valence-electron chi connectivity index (χ2n) is 5.66. The summed E-state index contributed by atoms with van der Waals surface area (Å²) >= 11 is 0. The van der Waals surface area contributed by atoms with Crippen LogP contribution in [0, 0.1) is 12.8 Å². The maximum absolute atomic E-state index is 10.1. The van der Waals surface area contributed by atoms with Crippen molar-refractivity contribution in [1.29, 1.82) is 0 Å². The van der Waals surface area contributed by atoms with E-state index in [-0.39, 0.29) is 6.61 Å². The normalized spacial score (nSPS) is 18.9. The number of hydrogen-bond donors (Lipinski definition) is 2. The summed E-state index contributed by atoms with van der Waals surface area (Å²) in [6, 6.07) is 7.84. The van der Waals surface area contributed by atoms with Crippen molar-refractivity contribution in [3.8, 4) is 5.75 Å². The Balaban J connectivity index is 1.71. The summed E-state index contributed by atoms with van der Waals surface area (Å²) in [5.41, 5.74) is 1.09. The number of β-amino-alcohol motifs (C(OH)–C–C–N with tert-alkyl or cyclic N) is 1. The Morgan fingerprint density at radius 2 is 2.00 bits per heavy atom. The maximum atomic E-state index is 10.1. The molecule has 0 aliphatic carbocycles. The minimum Gasteiger partial charge on any atom is -0.491 e. The molecule has 0 aromatic heterocycles. The van der Waals surface area contributed by atoms with Gasteiger partial charge in [0.25, 0.3) is 0 Å². The number of aryl methyl sites for hydroxylation is 1. The second kappa shape index (κ2) is 7.62. The number of aliphatic hydroxyl groups excluding tert-OH is 2. The van der Waals surface area contributed by atoms with Crippen LogP contribution in [0.5, 0.6) is 5.75 Å². The lowest BCUT2D eigenvalue weighted by molar-refractivity contribution is 0.0487. The van der Waals surface area contributed by atoms with Crippen LogP contribution in [0.15, 0.2) is 24.3 Å². The molecule has 1 aromatic rings. The molecule has 2 rings (SSSR count). The summed E-state index contributed by atoms with van der Waals surface area (Å²) in [7, 11) is 0. The molecule has 1 aromatic carbocycles. The van der Waals surface area contributed by atoms with Gasteiger partial charge in [-0.2, -0.15) is 0 Å². The van der Waals surface area contributed by atoms with Gasteiger partial charge in [-0.05, 0) is 50.4 Å². The first-order valence-electron chi connectivity index (χ1n) is 7.38. The molecule has 0 saturated carbocycles. The van der Waals surface area contributed by atoms with Gasteiger partial charge < -0.3 is 19.8 Å². The fourth-order valence-corrected chi connectivity index (χ4v) is 2.61. The van der Waals surface area contributed by atoms with E-state index in [0.717, 1.165) is 37.2 Å². The molecule has 0 bridgehead atoms. The van der Waals surface area contributed by atoms with Crippen LogP contribution in [0.1, 0.15) is 18.4 Å². The molecule has 1 aliphatic heterocycles. The largest absolute Gasteiger partial charge is 0.491 e. The van der Waals surface area contributed by atoms with Gasteiger partial charge in [0.1, 0.15) is 18.5 Å². The number of aliphatic hydroxyl groups is 2. The number of ether oxygens (including phenoxy) is 1. The van der Waals surface area contributed by atoms with Gasteiger partial charge in [0.15, 0.2) is 0 Å². The van der Waals surface area contributed by atoms with Gasteiger partial charge in [0.05, 0.1) is 0 Å². The Bertz CT molecular complexity index is 402. The molecule has 0 spiro atoms. The van der Waals surface area contributed by atoms with Gasteiger partial charge in [0, 0.05) is 13.2 Å². The first-order valence-corrected chi connectivity index (χ1v) is 7.38. The maximum Gasteiger partial charge on any atom is 0.122 e. The molecule has 0 radical (unpaired) electrons. The fourth-order valence-electron chi connectivity index (χ4n) is 2.61. The monoisotopic (exact) mass is 279 g/mol. The lowest BCUT2D eigenvalue weighted by atomic mass is 9.98. The summed E-state index contributed by atoms with van der Waals surface area (Å²) < 4.78 is 5.67. The van der Waals surface area contributed by atoms with Crippen molar-refractivity contribution in [3.05, 3.63) is 29.8 Å². The third-order valence-corrected chi connectivity index (χ3v) is 3.96. The van der Waals surface area contributed by atoms with Crippen LogP contribution in [0.25, 0.3) is 0 Å². The molecule has 4 heteroatoms. The highest BCUT2D eigenvalue weighted by atomic mass is 16.5. The molecule has 4 nitrogen and oxygen atoms in total. The smallest absolute Gasteiger partial charge is 0.122 e. The summed E-state index contributed by atoms with van der Waals surface area (Å²) in [5, 5.41) is 19.2. The van der Waals surface area contributed by atoms with E-state index < -0.39 is 6.10 Å². The van der Waals surface area contributed by atoms with Crippen LogP contribution < -0.4 is 4.74 Å². The topological polar surface area (TPSA) is 52.9 Å². The van der Waals surface area contributed by atoms with Crippen molar-refractivity contribution in [2.45, 2.75) is 25.9 Å². The lowest BCUT2D eigenvalue weighted by Crippen LogP contribution is -2.41. The van der Waals surface area contributed by atoms with Crippen molar-refractivity contribution in [2.75, 3.05) is 32.8 Å². The molecule has 2 N–H and O–H groups in total. The van der Waals surface area contributed by atoms with Gasteiger partial charge in [-0.25, -0.2) is 0 Å². The van der Waals surface area contributed by atoms with Crippen LogP contribution in [0.3, 0.4) is 0 Å². The van der Waals surface area contributed by atoms with E-state index in [9.17, 15) is 5.11 Å². The zero-order valence-electron chi connectivity index (χ0n) is 12.2. The van der Waals surface area contributed by atoms with Crippen molar-refractivity contribution >= 4 is 0 Å².